The highest BCUT2D eigenvalue weighted by molar-refractivity contribution is 5.87. The van der Waals surface area contributed by atoms with E-state index >= 15 is 0 Å². The smallest absolute Gasteiger partial charge is 0.269 e. The molecule has 0 fully saturated rings. The Bertz CT molecular complexity index is 1100. The quantitative estimate of drug-likeness (QED) is 0.102. The molecule has 2 N–H and O–H groups in total. The Morgan fingerprint density at radius 3 is 2.03 bits per heavy atom. The van der Waals surface area contributed by atoms with Crippen LogP contribution in [0.3, 0.4) is 0 Å². The molecule has 0 radical (unpaired) electrons. The molecule has 0 aliphatic heterocycles. The van der Waals surface area contributed by atoms with E-state index in [2.05, 4.69) is 34.0 Å². The molecule has 0 aliphatic rings. The van der Waals surface area contributed by atoms with Crippen molar-refractivity contribution < 1.29 is 24.0 Å². The van der Waals surface area contributed by atoms with Crippen LogP contribution in [0.1, 0.15) is 25.7 Å². The Balaban J connectivity index is 1.98. The Kier molecular flexibility index (Phi) is 12.6. The highest BCUT2D eigenvalue weighted by Gasteiger charge is 2.08. The molecule has 2 amide bonds. The van der Waals surface area contributed by atoms with Gasteiger partial charge < -0.3 is 20.1 Å². The molecule has 0 saturated heterocycles. The molecular formula is C26H31N5O6. The summed E-state index contributed by atoms with van der Waals surface area (Å²) in [6.45, 7) is 8.71. The molecule has 0 bridgehead atoms. The van der Waals surface area contributed by atoms with Crippen molar-refractivity contribution >= 4 is 28.9 Å². The number of hydrogen-bond acceptors (Lipinski definition) is 8. The molecule has 2 aromatic rings. The molecule has 11 heteroatoms. The van der Waals surface area contributed by atoms with Gasteiger partial charge in [-0.25, -0.2) is 0 Å². The van der Waals surface area contributed by atoms with Gasteiger partial charge in [-0.2, -0.15) is 5.11 Å². The van der Waals surface area contributed by atoms with Crippen LogP contribution in [0.5, 0.6) is 11.5 Å². The predicted octanol–water partition coefficient (Wildman–Crippen LogP) is 4.93. The van der Waals surface area contributed by atoms with Crippen molar-refractivity contribution in [2.24, 2.45) is 10.2 Å². The summed E-state index contributed by atoms with van der Waals surface area (Å²) in [4.78, 5) is 32.7. The minimum absolute atomic E-state index is 0.0307. The van der Waals surface area contributed by atoms with Gasteiger partial charge in [-0.3, -0.25) is 19.7 Å². The summed E-state index contributed by atoms with van der Waals surface area (Å²) in [7, 11) is 0. The number of non-ortho nitro benzene ring substituents is 1. The lowest BCUT2D eigenvalue weighted by molar-refractivity contribution is -0.384. The minimum Gasteiger partial charge on any atom is -0.493 e. The number of nitro benzene ring substituents is 1. The highest BCUT2D eigenvalue weighted by Crippen LogP contribution is 2.33. The summed E-state index contributed by atoms with van der Waals surface area (Å²) in [6.07, 6.45) is 5.37. The van der Waals surface area contributed by atoms with Gasteiger partial charge in [0.1, 0.15) is 17.2 Å². The maximum absolute atomic E-state index is 11.2. The SMILES string of the molecule is C=CC(=O)NCCCCOc1ccc(N=Nc2ccc([N+](=O)[O-])cc2)c(OCCCCNC(=O)C=C)c1. The molecule has 2 aromatic carbocycles. The number of carbonyl (C=O) groups is 2. The second kappa shape index (κ2) is 16.2. The number of nitro groups is 1. The maximum atomic E-state index is 11.2. The third-order valence-corrected chi connectivity index (χ3v) is 4.90. The minimum atomic E-state index is -0.480. The summed E-state index contributed by atoms with van der Waals surface area (Å²) < 4.78 is 11.7. The van der Waals surface area contributed by atoms with E-state index in [0.29, 0.717) is 55.6 Å². The molecule has 196 valence electrons. The first-order valence-electron chi connectivity index (χ1n) is 11.8. The average Bonchev–Trinajstić information content (AvgIpc) is 2.91. The zero-order valence-electron chi connectivity index (χ0n) is 20.6. The number of rotatable bonds is 17. The normalized spacial score (nSPS) is 10.5. The van der Waals surface area contributed by atoms with E-state index in [4.69, 9.17) is 9.47 Å². The molecule has 2 rings (SSSR count). The fourth-order valence-electron chi connectivity index (χ4n) is 2.93. The van der Waals surface area contributed by atoms with Crippen LogP contribution in [0.25, 0.3) is 0 Å². The van der Waals surface area contributed by atoms with E-state index in [1.807, 2.05) is 0 Å². The van der Waals surface area contributed by atoms with Crippen LogP contribution >= 0.6 is 0 Å². The first kappa shape index (κ1) is 28.7. The molecule has 0 spiro atoms. The van der Waals surface area contributed by atoms with E-state index in [1.54, 1.807) is 18.2 Å². The van der Waals surface area contributed by atoms with E-state index in [1.165, 1.54) is 36.4 Å². The number of unbranched alkanes of at least 4 members (excludes halogenated alkanes) is 2. The van der Waals surface area contributed by atoms with Crippen molar-refractivity contribution in [3.8, 4) is 11.5 Å². The molecule has 11 nitrogen and oxygen atoms in total. The van der Waals surface area contributed by atoms with Gasteiger partial charge in [0.15, 0.2) is 0 Å². The second-order valence-corrected chi connectivity index (χ2v) is 7.70. The Hall–Kier alpha value is -4.54. The van der Waals surface area contributed by atoms with Crippen molar-refractivity contribution in [3.63, 3.8) is 0 Å². The Morgan fingerprint density at radius 2 is 1.46 bits per heavy atom. The molecule has 0 unspecified atom stereocenters. The summed E-state index contributed by atoms with van der Waals surface area (Å²) in [5.41, 5.74) is 0.896. The monoisotopic (exact) mass is 509 g/mol. The number of azo groups is 1. The lowest BCUT2D eigenvalue weighted by Gasteiger charge is -2.12. The van der Waals surface area contributed by atoms with E-state index in [9.17, 15) is 19.7 Å². The summed E-state index contributed by atoms with van der Waals surface area (Å²) in [5, 5.41) is 24.7. The van der Waals surface area contributed by atoms with Crippen molar-refractivity contribution in [3.05, 3.63) is 77.9 Å². The van der Waals surface area contributed by atoms with Gasteiger partial charge in [0, 0.05) is 31.3 Å². The van der Waals surface area contributed by atoms with Crippen LogP contribution in [0.2, 0.25) is 0 Å². The third-order valence-electron chi connectivity index (χ3n) is 4.90. The molecule has 37 heavy (non-hydrogen) atoms. The van der Waals surface area contributed by atoms with Crippen LogP contribution in [-0.2, 0) is 9.59 Å². The van der Waals surface area contributed by atoms with Crippen molar-refractivity contribution in [2.45, 2.75) is 25.7 Å². The van der Waals surface area contributed by atoms with Crippen LogP contribution in [0.15, 0.2) is 78.0 Å². The number of nitrogens with zero attached hydrogens (tertiary/aromatic N) is 3. The van der Waals surface area contributed by atoms with Crippen LogP contribution in [0.4, 0.5) is 17.1 Å². The zero-order valence-corrected chi connectivity index (χ0v) is 20.6. The standard InChI is InChI=1S/C26H31N5O6/c1-3-25(32)27-15-5-7-17-36-22-13-14-23(30-29-20-9-11-21(12-10-20)31(34)35)24(19-22)37-18-8-6-16-28-26(33)4-2/h3-4,9-14,19H,1-2,5-8,15-18H2,(H,27,32)(H,28,33). The summed E-state index contributed by atoms with van der Waals surface area (Å²) >= 11 is 0. The first-order valence-corrected chi connectivity index (χ1v) is 11.8. The number of hydrogen-bond donors (Lipinski definition) is 2. The highest BCUT2D eigenvalue weighted by atomic mass is 16.6. The average molecular weight is 510 g/mol. The molecule has 0 saturated carbocycles. The summed E-state index contributed by atoms with van der Waals surface area (Å²) in [6, 6.07) is 10.9. The lowest BCUT2D eigenvalue weighted by atomic mass is 10.2. The van der Waals surface area contributed by atoms with Gasteiger partial charge in [-0.15, -0.1) is 5.11 Å². The first-order chi connectivity index (χ1) is 17.9. The van der Waals surface area contributed by atoms with Gasteiger partial charge in [-0.05, 0) is 62.1 Å². The van der Waals surface area contributed by atoms with Gasteiger partial charge in [-0.1, -0.05) is 13.2 Å². The second-order valence-electron chi connectivity index (χ2n) is 7.70. The van der Waals surface area contributed by atoms with Crippen molar-refractivity contribution in [1.82, 2.24) is 10.6 Å². The largest absolute Gasteiger partial charge is 0.493 e. The van der Waals surface area contributed by atoms with Crippen LogP contribution in [-0.4, -0.2) is 43.0 Å². The number of amides is 2. The molecule has 0 heterocycles. The number of ether oxygens (including phenoxy) is 2. The van der Waals surface area contributed by atoms with Crippen LogP contribution in [0, 0.1) is 10.1 Å². The fraction of sp³-hybridized carbons (Fsp3) is 0.308. The van der Waals surface area contributed by atoms with Gasteiger partial charge >= 0.3 is 0 Å². The number of benzene rings is 2. The van der Waals surface area contributed by atoms with Gasteiger partial charge in [0.25, 0.3) is 5.69 Å². The van der Waals surface area contributed by atoms with E-state index in [0.717, 1.165) is 19.3 Å². The summed E-state index contributed by atoms with van der Waals surface area (Å²) in [5.74, 6) is 0.640. The molecule has 0 aromatic heterocycles. The fourth-order valence-corrected chi connectivity index (χ4v) is 2.93. The lowest BCUT2D eigenvalue weighted by Crippen LogP contribution is -2.22. The van der Waals surface area contributed by atoms with Gasteiger partial charge in [0.05, 0.1) is 23.8 Å². The van der Waals surface area contributed by atoms with E-state index in [-0.39, 0.29) is 17.5 Å². The molecule has 0 atom stereocenters. The number of carbonyl (C=O) groups excluding carboxylic acids is 2. The van der Waals surface area contributed by atoms with Gasteiger partial charge in [0.2, 0.25) is 11.8 Å². The zero-order chi connectivity index (χ0) is 26.9. The molecular weight excluding hydrogens is 478 g/mol. The molecule has 0 aliphatic carbocycles. The Morgan fingerprint density at radius 1 is 0.865 bits per heavy atom. The van der Waals surface area contributed by atoms with E-state index < -0.39 is 4.92 Å². The predicted molar refractivity (Wildman–Crippen MR) is 140 cm³/mol. The van der Waals surface area contributed by atoms with Crippen molar-refractivity contribution in [1.29, 1.82) is 0 Å². The number of nitrogens with one attached hydrogen (secondary N) is 2. The Labute approximate surface area is 215 Å². The van der Waals surface area contributed by atoms with Crippen LogP contribution < -0.4 is 20.1 Å². The topological polar surface area (TPSA) is 145 Å². The van der Waals surface area contributed by atoms with Crippen molar-refractivity contribution in [2.75, 3.05) is 26.3 Å². The maximum Gasteiger partial charge on any atom is 0.269 e. The third kappa shape index (κ3) is 11.2.